The molecule has 430 valence electrons. The Bertz CT molecular complexity index is 1330. The Kier molecular flexibility index (Phi) is 60.2. The summed E-state index contributed by atoms with van der Waals surface area (Å²) in [5.41, 5.74) is 0. The van der Waals surface area contributed by atoms with Crippen molar-refractivity contribution in [3.05, 3.63) is 60.8 Å². The summed E-state index contributed by atoms with van der Waals surface area (Å²) in [6.07, 6.45) is 79.4. The molecule has 0 aliphatic heterocycles. The highest BCUT2D eigenvalue weighted by molar-refractivity contribution is 5.71. The molecule has 0 radical (unpaired) electrons. The van der Waals surface area contributed by atoms with Gasteiger partial charge in [0.1, 0.15) is 13.2 Å². The molecule has 74 heavy (non-hydrogen) atoms. The second-order valence-corrected chi connectivity index (χ2v) is 21.7. The quantitative estimate of drug-likeness (QED) is 0.0261. The van der Waals surface area contributed by atoms with Crippen molar-refractivity contribution in [2.45, 2.75) is 341 Å². The highest BCUT2D eigenvalue weighted by Gasteiger charge is 2.19. The van der Waals surface area contributed by atoms with Crippen LogP contribution < -0.4 is 0 Å². The van der Waals surface area contributed by atoms with E-state index in [2.05, 4.69) is 81.5 Å². The summed E-state index contributed by atoms with van der Waals surface area (Å²) in [6.45, 7) is 6.56. The zero-order chi connectivity index (χ0) is 53.6. The first-order valence-corrected chi connectivity index (χ1v) is 32.3. The molecule has 6 heteroatoms. The predicted octanol–water partition coefficient (Wildman–Crippen LogP) is 21.9. The molecule has 0 aliphatic carbocycles. The van der Waals surface area contributed by atoms with Gasteiger partial charge >= 0.3 is 17.9 Å². The molecule has 0 heterocycles. The van der Waals surface area contributed by atoms with Crippen molar-refractivity contribution in [2.24, 2.45) is 0 Å². The van der Waals surface area contributed by atoms with Gasteiger partial charge in [0.25, 0.3) is 0 Å². The smallest absolute Gasteiger partial charge is 0.306 e. The Morgan fingerprint density at radius 2 is 0.527 bits per heavy atom. The molecule has 0 fully saturated rings. The van der Waals surface area contributed by atoms with E-state index in [0.29, 0.717) is 19.3 Å². The molecule has 0 saturated carbocycles. The number of unbranched alkanes of at least 4 members (excludes halogenated alkanes) is 38. The van der Waals surface area contributed by atoms with E-state index in [-0.39, 0.29) is 31.1 Å². The maximum atomic E-state index is 12.9. The maximum Gasteiger partial charge on any atom is 0.306 e. The number of hydrogen-bond acceptors (Lipinski definition) is 6. The van der Waals surface area contributed by atoms with Crippen LogP contribution in [0.2, 0.25) is 0 Å². The Balaban J connectivity index is 4.39. The maximum absolute atomic E-state index is 12.9. The summed E-state index contributed by atoms with van der Waals surface area (Å²) in [6, 6.07) is 0. The third-order valence-corrected chi connectivity index (χ3v) is 14.3. The topological polar surface area (TPSA) is 78.9 Å². The lowest BCUT2D eigenvalue weighted by molar-refractivity contribution is -0.167. The fourth-order valence-corrected chi connectivity index (χ4v) is 9.47. The summed E-state index contributed by atoms with van der Waals surface area (Å²) in [5, 5.41) is 0. The van der Waals surface area contributed by atoms with Gasteiger partial charge in [-0.15, -0.1) is 0 Å². The molecular formula is C68H122O6. The van der Waals surface area contributed by atoms with Crippen molar-refractivity contribution in [3.8, 4) is 0 Å². The molecule has 0 saturated heterocycles. The van der Waals surface area contributed by atoms with Gasteiger partial charge in [-0.2, -0.15) is 0 Å². The minimum atomic E-state index is -0.786. The molecule has 0 rings (SSSR count). The van der Waals surface area contributed by atoms with Crippen LogP contribution in [0.25, 0.3) is 0 Å². The van der Waals surface area contributed by atoms with Crippen LogP contribution in [-0.2, 0) is 28.6 Å². The van der Waals surface area contributed by atoms with E-state index < -0.39 is 6.10 Å². The molecule has 0 N–H and O–H groups in total. The Morgan fingerprint density at radius 3 is 0.824 bits per heavy atom. The van der Waals surface area contributed by atoms with E-state index in [1.807, 2.05) is 0 Å². The highest BCUT2D eigenvalue weighted by Crippen LogP contribution is 2.18. The molecule has 1 atom stereocenters. The van der Waals surface area contributed by atoms with E-state index in [1.165, 1.54) is 199 Å². The minimum absolute atomic E-state index is 0.0800. The van der Waals surface area contributed by atoms with Gasteiger partial charge in [-0.25, -0.2) is 0 Å². The second-order valence-electron chi connectivity index (χ2n) is 21.7. The molecular weight excluding hydrogens is 913 g/mol. The van der Waals surface area contributed by atoms with Gasteiger partial charge in [0, 0.05) is 19.3 Å². The molecule has 1 unspecified atom stereocenters. The Labute approximate surface area is 460 Å². The van der Waals surface area contributed by atoms with Gasteiger partial charge in [0.15, 0.2) is 6.10 Å². The van der Waals surface area contributed by atoms with Crippen LogP contribution in [0.5, 0.6) is 0 Å². The number of carbonyl (C=O) groups excluding carboxylic acids is 3. The molecule has 0 bridgehead atoms. The number of rotatable bonds is 59. The third kappa shape index (κ3) is 60.0. The van der Waals surface area contributed by atoms with Crippen LogP contribution in [0, 0.1) is 0 Å². The molecule has 0 aromatic heterocycles. The number of ether oxygens (including phenoxy) is 3. The van der Waals surface area contributed by atoms with Gasteiger partial charge in [0.2, 0.25) is 0 Å². The molecule has 0 aromatic rings. The standard InChI is InChI=1S/C68H122O6/c1-4-7-10-13-16-19-22-25-28-31-34-37-40-43-46-49-52-55-58-61-67(70)73-64-65(63-72-66(69)60-57-54-51-48-45-42-39-36-33-30-27-24-21-18-15-12-9-6-3)74-68(71)62-59-56-53-50-47-44-41-38-35-32-29-26-23-20-17-14-11-8-5-2/h7,10,16,19,25,28,34,37,43,46,65H,4-6,8-9,11-15,17-18,20-24,26-27,29-33,35-36,38-42,44-45,47-64H2,1-3H3/b10-7-,19-16-,28-25-,37-34-,46-43-. The normalized spacial score (nSPS) is 12.4. The van der Waals surface area contributed by atoms with Crippen LogP contribution in [0.3, 0.4) is 0 Å². The lowest BCUT2D eigenvalue weighted by Crippen LogP contribution is -2.30. The van der Waals surface area contributed by atoms with Crippen molar-refractivity contribution in [2.75, 3.05) is 13.2 Å². The van der Waals surface area contributed by atoms with Crippen molar-refractivity contribution >= 4 is 17.9 Å². The van der Waals surface area contributed by atoms with Crippen molar-refractivity contribution < 1.29 is 28.6 Å². The number of allylic oxidation sites excluding steroid dienone is 10. The predicted molar refractivity (Wildman–Crippen MR) is 321 cm³/mol. The molecule has 0 spiro atoms. The van der Waals surface area contributed by atoms with Crippen LogP contribution in [0.1, 0.15) is 335 Å². The third-order valence-electron chi connectivity index (χ3n) is 14.3. The number of esters is 3. The lowest BCUT2D eigenvalue weighted by atomic mass is 10.0. The molecule has 6 nitrogen and oxygen atoms in total. The van der Waals surface area contributed by atoms with Crippen molar-refractivity contribution in [1.82, 2.24) is 0 Å². The molecule has 0 amide bonds. The van der Waals surface area contributed by atoms with Gasteiger partial charge in [0.05, 0.1) is 0 Å². The largest absolute Gasteiger partial charge is 0.462 e. The van der Waals surface area contributed by atoms with E-state index in [1.54, 1.807) is 0 Å². The summed E-state index contributed by atoms with van der Waals surface area (Å²) in [5.74, 6) is -0.891. The van der Waals surface area contributed by atoms with E-state index >= 15 is 0 Å². The SMILES string of the molecule is CC/C=C\C/C=C\C/C=C\C/C=C\C/C=C\CCCCCC(=O)OCC(COC(=O)CCCCCCCCCCCCCCCCCCCC)OC(=O)CCCCCCCCCCCCCCCCCCCCC. The summed E-state index contributed by atoms with van der Waals surface area (Å²) >= 11 is 0. The molecule has 0 aliphatic rings. The monoisotopic (exact) mass is 1030 g/mol. The van der Waals surface area contributed by atoms with E-state index in [0.717, 1.165) is 96.3 Å². The first kappa shape index (κ1) is 71.1. The van der Waals surface area contributed by atoms with Gasteiger partial charge < -0.3 is 14.2 Å². The average molecular weight is 1040 g/mol. The molecule has 0 aromatic carbocycles. The van der Waals surface area contributed by atoms with Gasteiger partial charge in [-0.1, -0.05) is 313 Å². The zero-order valence-corrected chi connectivity index (χ0v) is 49.4. The minimum Gasteiger partial charge on any atom is -0.462 e. The average Bonchev–Trinajstić information content (AvgIpc) is 3.40. The summed E-state index contributed by atoms with van der Waals surface area (Å²) < 4.78 is 16.9. The van der Waals surface area contributed by atoms with Crippen LogP contribution in [-0.4, -0.2) is 37.2 Å². The number of carbonyl (C=O) groups is 3. The second kappa shape index (κ2) is 62.6. The van der Waals surface area contributed by atoms with Crippen molar-refractivity contribution in [3.63, 3.8) is 0 Å². The van der Waals surface area contributed by atoms with Crippen molar-refractivity contribution in [1.29, 1.82) is 0 Å². The summed E-state index contributed by atoms with van der Waals surface area (Å²) in [7, 11) is 0. The van der Waals surface area contributed by atoms with Crippen LogP contribution >= 0.6 is 0 Å². The van der Waals surface area contributed by atoms with E-state index in [9.17, 15) is 14.4 Å². The summed E-state index contributed by atoms with van der Waals surface area (Å²) in [4.78, 5) is 38.3. The first-order chi connectivity index (χ1) is 36.5. The number of hydrogen-bond donors (Lipinski definition) is 0. The van der Waals surface area contributed by atoms with Crippen LogP contribution in [0.15, 0.2) is 60.8 Å². The van der Waals surface area contributed by atoms with E-state index in [4.69, 9.17) is 14.2 Å². The lowest BCUT2D eigenvalue weighted by Gasteiger charge is -2.18. The Hall–Kier alpha value is -2.89. The first-order valence-electron chi connectivity index (χ1n) is 32.3. The van der Waals surface area contributed by atoms with Gasteiger partial charge in [-0.05, 0) is 64.2 Å². The zero-order valence-electron chi connectivity index (χ0n) is 49.4. The highest BCUT2D eigenvalue weighted by atomic mass is 16.6. The fourth-order valence-electron chi connectivity index (χ4n) is 9.47. The fraction of sp³-hybridized carbons (Fsp3) is 0.809. The van der Waals surface area contributed by atoms with Crippen LogP contribution in [0.4, 0.5) is 0 Å². The van der Waals surface area contributed by atoms with Gasteiger partial charge in [-0.3, -0.25) is 14.4 Å². The Morgan fingerprint density at radius 1 is 0.284 bits per heavy atom.